The van der Waals surface area contributed by atoms with E-state index in [9.17, 15) is 5.26 Å². The first kappa shape index (κ1) is 15.2. The first-order chi connectivity index (χ1) is 11.3. The summed E-state index contributed by atoms with van der Waals surface area (Å²) >= 11 is 0. The van der Waals surface area contributed by atoms with Crippen molar-refractivity contribution in [2.45, 2.75) is 19.3 Å². The average Bonchev–Trinajstić information content (AvgIpc) is 3.11. The molecule has 5 heteroatoms. The molecule has 0 spiro atoms. The second-order valence-corrected chi connectivity index (χ2v) is 5.35. The van der Waals surface area contributed by atoms with E-state index in [0.717, 1.165) is 0 Å². The van der Waals surface area contributed by atoms with Gasteiger partial charge in [-0.2, -0.15) is 10.4 Å². The summed E-state index contributed by atoms with van der Waals surface area (Å²) in [5.41, 5.74) is 2.15. The van der Waals surface area contributed by atoms with Crippen LogP contribution >= 0.6 is 0 Å². The van der Waals surface area contributed by atoms with E-state index in [1.54, 1.807) is 36.5 Å². The Morgan fingerprint density at radius 2 is 1.96 bits per heavy atom. The third kappa shape index (κ3) is 2.69. The molecule has 0 saturated heterocycles. The van der Waals surface area contributed by atoms with E-state index >= 15 is 4.39 Å². The van der Waals surface area contributed by atoms with Gasteiger partial charge in [0.05, 0.1) is 11.3 Å². The Morgan fingerprint density at radius 1 is 1.17 bits per heavy atom. The number of hydrogen-bond acceptors (Lipinski definition) is 3. The fourth-order valence-electron chi connectivity index (χ4n) is 2.91. The van der Waals surface area contributed by atoms with Crippen LogP contribution < -0.4 is 0 Å². The molecule has 2 N–H and O–H groups in total. The molecule has 2 aromatic carbocycles. The number of aliphatic hydroxyl groups excluding tert-OH is 1. The number of halogens is 1. The van der Waals surface area contributed by atoms with Crippen molar-refractivity contribution in [3.8, 4) is 17.3 Å². The summed E-state index contributed by atoms with van der Waals surface area (Å²) in [5.74, 6) is -0.304. The summed E-state index contributed by atoms with van der Waals surface area (Å²) in [6.07, 6.45) is 3.29. The van der Waals surface area contributed by atoms with E-state index in [4.69, 9.17) is 5.11 Å². The van der Waals surface area contributed by atoms with Crippen LogP contribution in [-0.4, -0.2) is 21.9 Å². The summed E-state index contributed by atoms with van der Waals surface area (Å²) in [6, 6.07) is 11.0. The van der Waals surface area contributed by atoms with Gasteiger partial charge in [-0.3, -0.25) is 5.10 Å². The molecule has 0 amide bonds. The highest BCUT2D eigenvalue weighted by Crippen LogP contribution is 2.36. The average molecular weight is 309 g/mol. The van der Waals surface area contributed by atoms with E-state index in [1.807, 2.05) is 0 Å². The van der Waals surface area contributed by atoms with Crippen molar-refractivity contribution in [3.63, 3.8) is 0 Å². The first-order valence-electron chi connectivity index (χ1n) is 7.51. The van der Waals surface area contributed by atoms with Crippen LogP contribution in [0.1, 0.15) is 24.0 Å². The van der Waals surface area contributed by atoms with E-state index in [-0.39, 0.29) is 12.4 Å². The second-order valence-electron chi connectivity index (χ2n) is 5.35. The molecule has 1 aromatic heterocycles. The zero-order valence-corrected chi connectivity index (χ0v) is 12.5. The minimum absolute atomic E-state index is 0.0691. The SMILES string of the molecule is N#Cc1c(-c2ccn[nH]2)c(CCCCO)c(F)c2ccccc12. The number of nitrogens with one attached hydrogen (secondary N) is 1. The van der Waals surface area contributed by atoms with Gasteiger partial charge in [-0.05, 0) is 30.9 Å². The lowest BCUT2D eigenvalue weighted by Crippen LogP contribution is -2.02. The Bertz CT molecular complexity index is 866. The number of aromatic amines is 1. The maximum Gasteiger partial charge on any atom is 0.134 e. The van der Waals surface area contributed by atoms with Crippen molar-refractivity contribution in [3.05, 3.63) is 53.5 Å². The number of benzene rings is 2. The molecule has 1 heterocycles. The number of hydrogen-bond donors (Lipinski definition) is 2. The molecular weight excluding hydrogens is 293 g/mol. The van der Waals surface area contributed by atoms with Crippen LogP contribution in [0.4, 0.5) is 4.39 Å². The third-order valence-electron chi connectivity index (χ3n) is 3.97. The molecular formula is C18H16FN3O. The fourth-order valence-corrected chi connectivity index (χ4v) is 2.91. The molecule has 3 aromatic rings. The van der Waals surface area contributed by atoms with Crippen molar-refractivity contribution >= 4 is 10.8 Å². The van der Waals surface area contributed by atoms with Crippen LogP contribution in [0.15, 0.2) is 36.5 Å². The molecule has 0 bridgehead atoms. The lowest BCUT2D eigenvalue weighted by molar-refractivity contribution is 0.284. The maximum absolute atomic E-state index is 15.1. The molecule has 0 radical (unpaired) electrons. The van der Waals surface area contributed by atoms with Gasteiger partial charge in [0.1, 0.15) is 11.9 Å². The van der Waals surface area contributed by atoms with E-state index < -0.39 is 0 Å². The molecule has 0 atom stereocenters. The van der Waals surface area contributed by atoms with Crippen LogP contribution in [0.2, 0.25) is 0 Å². The topological polar surface area (TPSA) is 72.7 Å². The zero-order valence-electron chi connectivity index (χ0n) is 12.5. The highest BCUT2D eigenvalue weighted by Gasteiger charge is 2.21. The van der Waals surface area contributed by atoms with Gasteiger partial charge in [0.25, 0.3) is 0 Å². The zero-order chi connectivity index (χ0) is 16.2. The van der Waals surface area contributed by atoms with Crippen molar-refractivity contribution in [1.29, 1.82) is 5.26 Å². The minimum atomic E-state index is -0.304. The molecule has 4 nitrogen and oxygen atoms in total. The van der Waals surface area contributed by atoms with Crippen molar-refractivity contribution in [1.82, 2.24) is 10.2 Å². The summed E-state index contributed by atoms with van der Waals surface area (Å²) in [5, 5.41) is 26.4. The predicted octanol–water partition coefficient (Wildman–Crippen LogP) is 3.56. The molecule has 0 aliphatic heterocycles. The summed E-state index contributed by atoms with van der Waals surface area (Å²) < 4.78 is 15.1. The highest BCUT2D eigenvalue weighted by atomic mass is 19.1. The quantitative estimate of drug-likeness (QED) is 0.708. The third-order valence-corrected chi connectivity index (χ3v) is 3.97. The molecule has 0 aliphatic rings. The molecule has 0 aliphatic carbocycles. The predicted molar refractivity (Wildman–Crippen MR) is 86.2 cm³/mol. The number of nitriles is 1. The number of nitrogens with zero attached hydrogens (tertiary/aromatic N) is 2. The van der Waals surface area contributed by atoms with Crippen molar-refractivity contribution in [2.75, 3.05) is 6.61 Å². The number of fused-ring (bicyclic) bond motifs is 1. The van der Waals surface area contributed by atoms with Gasteiger partial charge >= 0.3 is 0 Å². The lowest BCUT2D eigenvalue weighted by Gasteiger charge is -2.15. The van der Waals surface area contributed by atoms with E-state index in [2.05, 4.69) is 16.3 Å². The molecule has 0 saturated carbocycles. The largest absolute Gasteiger partial charge is 0.396 e. The van der Waals surface area contributed by atoms with Crippen molar-refractivity contribution in [2.24, 2.45) is 0 Å². The van der Waals surface area contributed by atoms with Crippen LogP contribution in [0.3, 0.4) is 0 Å². The highest BCUT2D eigenvalue weighted by molar-refractivity contribution is 5.96. The molecule has 0 unspecified atom stereocenters. The number of rotatable bonds is 5. The number of unbranched alkanes of at least 4 members (excludes halogenated alkanes) is 1. The molecule has 116 valence electrons. The van der Waals surface area contributed by atoms with Gasteiger partial charge in [0.15, 0.2) is 0 Å². The summed E-state index contributed by atoms with van der Waals surface area (Å²) in [4.78, 5) is 0. The second kappa shape index (κ2) is 6.59. The van der Waals surface area contributed by atoms with Crippen molar-refractivity contribution < 1.29 is 9.50 Å². The first-order valence-corrected chi connectivity index (χ1v) is 7.51. The van der Waals surface area contributed by atoms with Gasteiger partial charge in [-0.1, -0.05) is 24.3 Å². The Kier molecular flexibility index (Phi) is 4.35. The van der Waals surface area contributed by atoms with Crippen LogP contribution in [0.25, 0.3) is 22.0 Å². The summed E-state index contributed by atoms with van der Waals surface area (Å²) in [7, 11) is 0. The number of aromatic nitrogens is 2. The Morgan fingerprint density at radius 3 is 2.61 bits per heavy atom. The molecule has 23 heavy (non-hydrogen) atoms. The normalized spacial score (nSPS) is 10.8. The fraction of sp³-hybridized carbons (Fsp3) is 0.222. The minimum Gasteiger partial charge on any atom is -0.396 e. The Hall–Kier alpha value is -2.71. The Labute approximate surface area is 133 Å². The Balaban J connectivity index is 2.31. The van der Waals surface area contributed by atoms with Gasteiger partial charge < -0.3 is 5.11 Å². The van der Waals surface area contributed by atoms with E-state index in [0.29, 0.717) is 52.4 Å². The molecule has 3 rings (SSSR count). The number of H-pyrrole nitrogens is 1. The van der Waals surface area contributed by atoms with Crippen LogP contribution in [0, 0.1) is 17.1 Å². The van der Waals surface area contributed by atoms with E-state index in [1.165, 1.54) is 0 Å². The van der Waals surface area contributed by atoms with Gasteiger partial charge in [0, 0.05) is 29.1 Å². The van der Waals surface area contributed by atoms with Gasteiger partial charge in [0.2, 0.25) is 0 Å². The van der Waals surface area contributed by atoms with Gasteiger partial charge in [-0.25, -0.2) is 4.39 Å². The standard InChI is InChI=1S/C18H16FN3O/c19-18-13-6-2-1-5-12(13)15(11-20)17(16-8-9-21-22-16)14(18)7-3-4-10-23/h1-2,5-6,8-9,23H,3-4,7,10H2,(H,21,22). The summed E-state index contributed by atoms with van der Waals surface area (Å²) in [6.45, 7) is 0.0691. The lowest BCUT2D eigenvalue weighted by atomic mass is 9.89. The van der Waals surface area contributed by atoms with Crippen LogP contribution in [0.5, 0.6) is 0 Å². The molecule has 0 fully saturated rings. The van der Waals surface area contributed by atoms with Gasteiger partial charge in [-0.15, -0.1) is 0 Å². The smallest absolute Gasteiger partial charge is 0.134 e. The monoisotopic (exact) mass is 309 g/mol. The maximum atomic E-state index is 15.1. The van der Waals surface area contributed by atoms with Crippen LogP contribution in [-0.2, 0) is 6.42 Å². The number of aliphatic hydroxyl groups is 1.